The maximum absolute atomic E-state index is 5.33. The molecule has 54 valence electrons. The van der Waals surface area contributed by atoms with E-state index in [2.05, 4.69) is 20.8 Å². The molecule has 1 aliphatic rings. The van der Waals surface area contributed by atoms with E-state index in [9.17, 15) is 0 Å². The predicted molar refractivity (Wildman–Crippen MR) is 38.3 cm³/mol. The van der Waals surface area contributed by atoms with Crippen LogP contribution in [0, 0.1) is 17.8 Å². The number of rotatable bonds is 1. The van der Waals surface area contributed by atoms with Crippen LogP contribution in [-0.4, -0.2) is 13.2 Å². The lowest BCUT2D eigenvalue weighted by molar-refractivity contribution is 0.175. The minimum Gasteiger partial charge on any atom is -0.381 e. The van der Waals surface area contributed by atoms with Gasteiger partial charge in [0.1, 0.15) is 0 Å². The Morgan fingerprint density at radius 2 is 2.00 bits per heavy atom. The van der Waals surface area contributed by atoms with Crippen molar-refractivity contribution in [3.05, 3.63) is 0 Å². The van der Waals surface area contributed by atoms with Gasteiger partial charge in [-0.05, 0) is 17.8 Å². The first-order valence-corrected chi connectivity index (χ1v) is 3.79. The molecule has 1 heteroatoms. The first-order valence-electron chi connectivity index (χ1n) is 3.79. The van der Waals surface area contributed by atoms with Gasteiger partial charge >= 0.3 is 0 Å². The molecule has 0 saturated carbocycles. The van der Waals surface area contributed by atoms with Gasteiger partial charge in [0.05, 0.1) is 0 Å². The van der Waals surface area contributed by atoms with Crippen LogP contribution in [0.25, 0.3) is 0 Å². The van der Waals surface area contributed by atoms with Crippen LogP contribution in [0.2, 0.25) is 0 Å². The standard InChI is InChI=1S/C8H16O/c1-6(2)8-5-9-4-7(8)3/h6-8H,4-5H2,1-3H3/t7-,8?/m1/s1. The summed E-state index contributed by atoms with van der Waals surface area (Å²) in [7, 11) is 0. The van der Waals surface area contributed by atoms with Gasteiger partial charge in [-0.25, -0.2) is 0 Å². The molecule has 1 aliphatic heterocycles. The van der Waals surface area contributed by atoms with Crippen molar-refractivity contribution in [1.29, 1.82) is 0 Å². The zero-order chi connectivity index (χ0) is 6.85. The van der Waals surface area contributed by atoms with Crippen molar-refractivity contribution in [2.24, 2.45) is 17.8 Å². The lowest BCUT2D eigenvalue weighted by atomic mass is 9.88. The van der Waals surface area contributed by atoms with Crippen LogP contribution >= 0.6 is 0 Å². The normalized spacial score (nSPS) is 36.0. The van der Waals surface area contributed by atoms with Gasteiger partial charge in [-0.15, -0.1) is 0 Å². The summed E-state index contributed by atoms with van der Waals surface area (Å²) in [5.74, 6) is 2.39. The Kier molecular flexibility index (Phi) is 2.12. The summed E-state index contributed by atoms with van der Waals surface area (Å²) in [6.45, 7) is 8.78. The minimum absolute atomic E-state index is 0.782. The summed E-state index contributed by atoms with van der Waals surface area (Å²) < 4.78 is 5.33. The van der Waals surface area contributed by atoms with Crippen LogP contribution in [0.4, 0.5) is 0 Å². The highest BCUT2D eigenvalue weighted by molar-refractivity contribution is 4.73. The van der Waals surface area contributed by atoms with Crippen molar-refractivity contribution >= 4 is 0 Å². The van der Waals surface area contributed by atoms with E-state index in [1.807, 2.05) is 0 Å². The van der Waals surface area contributed by atoms with E-state index in [4.69, 9.17) is 4.74 Å². The smallest absolute Gasteiger partial charge is 0.0500 e. The maximum Gasteiger partial charge on any atom is 0.0500 e. The number of ether oxygens (including phenoxy) is 1. The Labute approximate surface area is 57.4 Å². The van der Waals surface area contributed by atoms with Crippen LogP contribution < -0.4 is 0 Å². The Bertz CT molecular complexity index is 88.6. The molecule has 0 aromatic rings. The average molecular weight is 128 g/mol. The molecule has 1 heterocycles. The summed E-state index contributed by atoms with van der Waals surface area (Å²) in [6, 6.07) is 0. The van der Waals surface area contributed by atoms with E-state index in [1.165, 1.54) is 0 Å². The lowest BCUT2D eigenvalue weighted by Crippen LogP contribution is -2.14. The monoisotopic (exact) mass is 128 g/mol. The molecular formula is C8H16O. The van der Waals surface area contributed by atoms with Crippen LogP contribution in [0.15, 0.2) is 0 Å². The largest absolute Gasteiger partial charge is 0.381 e. The summed E-state index contributed by atoms with van der Waals surface area (Å²) in [5.41, 5.74) is 0. The van der Waals surface area contributed by atoms with E-state index >= 15 is 0 Å². The molecule has 1 unspecified atom stereocenters. The van der Waals surface area contributed by atoms with Gasteiger partial charge in [0.15, 0.2) is 0 Å². The van der Waals surface area contributed by atoms with Gasteiger partial charge < -0.3 is 4.74 Å². The van der Waals surface area contributed by atoms with Crippen molar-refractivity contribution < 1.29 is 4.74 Å². The third kappa shape index (κ3) is 1.45. The lowest BCUT2D eigenvalue weighted by Gasteiger charge is -2.16. The average Bonchev–Trinajstić information content (AvgIpc) is 2.13. The fourth-order valence-corrected chi connectivity index (χ4v) is 1.53. The molecular weight excluding hydrogens is 112 g/mol. The van der Waals surface area contributed by atoms with Crippen molar-refractivity contribution in [1.82, 2.24) is 0 Å². The first-order chi connectivity index (χ1) is 4.22. The zero-order valence-electron chi connectivity index (χ0n) is 6.55. The Morgan fingerprint density at radius 3 is 2.22 bits per heavy atom. The molecule has 0 amide bonds. The molecule has 1 nitrogen and oxygen atoms in total. The molecule has 0 aromatic heterocycles. The van der Waals surface area contributed by atoms with Gasteiger partial charge in [-0.2, -0.15) is 0 Å². The van der Waals surface area contributed by atoms with Crippen molar-refractivity contribution in [3.63, 3.8) is 0 Å². The van der Waals surface area contributed by atoms with E-state index in [0.29, 0.717) is 0 Å². The van der Waals surface area contributed by atoms with Crippen LogP contribution in [0.5, 0.6) is 0 Å². The number of hydrogen-bond acceptors (Lipinski definition) is 1. The Morgan fingerprint density at radius 1 is 1.33 bits per heavy atom. The van der Waals surface area contributed by atoms with Gasteiger partial charge in [0.25, 0.3) is 0 Å². The van der Waals surface area contributed by atoms with Crippen molar-refractivity contribution in [2.45, 2.75) is 20.8 Å². The molecule has 0 radical (unpaired) electrons. The summed E-state index contributed by atoms with van der Waals surface area (Å²) in [6.07, 6.45) is 0. The van der Waals surface area contributed by atoms with E-state index in [0.717, 1.165) is 31.0 Å². The molecule has 2 atom stereocenters. The minimum atomic E-state index is 0.782. The second-order valence-corrected chi connectivity index (χ2v) is 3.42. The second kappa shape index (κ2) is 2.70. The van der Waals surface area contributed by atoms with Crippen molar-refractivity contribution in [3.8, 4) is 0 Å². The summed E-state index contributed by atoms with van der Waals surface area (Å²) in [5, 5.41) is 0. The van der Waals surface area contributed by atoms with Crippen LogP contribution in [0.3, 0.4) is 0 Å². The third-order valence-electron chi connectivity index (χ3n) is 2.28. The fourth-order valence-electron chi connectivity index (χ4n) is 1.53. The topological polar surface area (TPSA) is 9.23 Å². The van der Waals surface area contributed by atoms with E-state index < -0.39 is 0 Å². The van der Waals surface area contributed by atoms with Gasteiger partial charge in [0.2, 0.25) is 0 Å². The molecule has 1 fully saturated rings. The third-order valence-corrected chi connectivity index (χ3v) is 2.28. The van der Waals surface area contributed by atoms with Crippen molar-refractivity contribution in [2.75, 3.05) is 13.2 Å². The molecule has 1 rings (SSSR count). The fraction of sp³-hybridized carbons (Fsp3) is 1.00. The molecule has 1 saturated heterocycles. The van der Waals surface area contributed by atoms with Gasteiger partial charge in [0, 0.05) is 13.2 Å². The molecule has 0 bridgehead atoms. The maximum atomic E-state index is 5.33. The van der Waals surface area contributed by atoms with E-state index in [1.54, 1.807) is 0 Å². The Balaban J connectivity index is 2.40. The second-order valence-electron chi connectivity index (χ2n) is 3.42. The highest BCUT2D eigenvalue weighted by atomic mass is 16.5. The first kappa shape index (κ1) is 7.07. The molecule has 0 spiro atoms. The summed E-state index contributed by atoms with van der Waals surface area (Å²) >= 11 is 0. The molecule has 0 aromatic carbocycles. The molecule has 9 heavy (non-hydrogen) atoms. The molecule has 0 N–H and O–H groups in total. The zero-order valence-corrected chi connectivity index (χ0v) is 6.55. The SMILES string of the molecule is CC(C)C1COC[C@H]1C. The summed E-state index contributed by atoms with van der Waals surface area (Å²) in [4.78, 5) is 0. The quantitative estimate of drug-likeness (QED) is 0.524. The highest BCUT2D eigenvalue weighted by Crippen LogP contribution is 2.26. The van der Waals surface area contributed by atoms with E-state index in [-0.39, 0.29) is 0 Å². The van der Waals surface area contributed by atoms with Gasteiger partial charge in [-0.1, -0.05) is 20.8 Å². The number of hydrogen-bond donors (Lipinski definition) is 0. The predicted octanol–water partition coefficient (Wildman–Crippen LogP) is 1.92. The van der Waals surface area contributed by atoms with Crippen LogP contribution in [-0.2, 0) is 4.74 Å². The molecule has 0 aliphatic carbocycles. The van der Waals surface area contributed by atoms with Gasteiger partial charge in [-0.3, -0.25) is 0 Å². The Hall–Kier alpha value is -0.0400. The van der Waals surface area contributed by atoms with Crippen LogP contribution in [0.1, 0.15) is 20.8 Å². The highest BCUT2D eigenvalue weighted by Gasteiger charge is 2.26.